The second kappa shape index (κ2) is 6.87. The maximum absolute atomic E-state index is 13.2. The highest BCUT2D eigenvalue weighted by molar-refractivity contribution is 6.28. The van der Waals surface area contributed by atoms with Gasteiger partial charge in [0.05, 0.1) is 11.3 Å². The van der Waals surface area contributed by atoms with E-state index in [2.05, 4.69) is 15.5 Å². The third-order valence-corrected chi connectivity index (χ3v) is 3.25. The summed E-state index contributed by atoms with van der Waals surface area (Å²) in [5.41, 5.74) is 0.461. The van der Waals surface area contributed by atoms with Crippen LogP contribution in [0.5, 0.6) is 0 Å². The van der Waals surface area contributed by atoms with Crippen LogP contribution in [0.25, 0.3) is 11.3 Å². The number of hydrogen-bond acceptors (Lipinski definition) is 5. The van der Waals surface area contributed by atoms with Crippen molar-refractivity contribution in [3.8, 4) is 5.69 Å². The van der Waals surface area contributed by atoms with Gasteiger partial charge in [-0.2, -0.15) is 4.68 Å². The number of allylic oxidation sites excluding steroid dienone is 1. The van der Waals surface area contributed by atoms with E-state index >= 15 is 0 Å². The molecule has 0 N–H and O–H groups in total. The van der Waals surface area contributed by atoms with E-state index < -0.39 is 19.7 Å². The second-order valence-corrected chi connectivity index (χ2v) is 4.86. The average molecular weight is 325 g/mol. The fourth-order valence-corrected chi connectivity index (χ4v) is 2.19. The summed E-state index contributed by atoms with van der Waals surface area (Å²) in [6.07, 6.45) is 0.778. The maximum Gasteiger partial charge on any atom is 0.198 e. The second-order valence-electron chi connectivity index (χ2n) is 4.86. The first kappa shape index (κ1) is 9.77. The highest BCUT2D eigenvalue weighted by Gasteiger charge is 2.21. The lowest BCUT2D eigenvalue weighted by Gasteiger charge is -2.11. The van der Waals surface area contributed by atoms with E-state index in [0.29, 0.717) is 5.69 Å². The number of nitrogens with zero attached hydrogens (tertiary/aromatic N) is 5. The van der Waals surface area contributed by atoms with E-state index in [-0.39, 0.29) is 21.9 Å². The van der Waals surface area contributed by atoms with E-state index in [4.69, 9.17) is 8.22 Å². The number of tetrazole rings is 1. The molecule has 0 atom stereocenters. The van der Waals surface area contributed by atoms with Crippen LogP contribution in [0.1, 0.15) is 24.4 Å². The molecule has 1 heterocycles. The first-order valence-corrected chi connectivity index (χ1v) is 7.04. The van der Waals surface area contributed by atoms with Gasteiger partial charge < -0.3 is 4.90 Å². The Hall–Kier alpha value is -3.28. The smallest absolute Gasteiger partial charge is 0.198 e. The Kier molecular flexibility index (Phi) is 2.80. The van der Waals surface area contributed by atoms with Crippen LogP contribution in [-0.2, 0) is 0 Å². The minimum atomic E-state index is -3.03. The summed E-state index contributed by atoms with van der Waals surface area (Å²) in [6.45, 7) is -6.06. The molecule has 0 unspecified atom stereocenters. The highest BCUT2D eigenvalue weighted by atomic mass is 16.1. The molecule has 2 aromatic carbocycles. The van der Waals surface area contributed by atoms with Gasteiger partial charge in [0.15, 0.2) is 11.6 Å². The molecule has 0 saturated carbocycles. The summed E-state index contributed by atoms with van der Waals surface area (Å²) >= 11 is 0. The molecule has 0 radical (unpaired) electrons. The molecule has 6 nitrogen and oxygen atoms in total. The summed E-state index contributed by atoms with van der Waals surface area (Å²) in [5, 5.41) is 11.4. The maximum atomic E-state index is 13.2. The van der Waals surface area contributed by atoms with Crippen LogP contribution in [0.2, 0.25) is 0 Å². The molecule has 0 fully saturated rings. The van der Waals surface area contributed by atoms with Gasteiger partial charge in [-0.05, 0) is 22.6 Å². The molecule has 0 aliphatic carbocycles. The van der Waals surface area contributed by atoms with Crippen LogP contribution in [0.4, 0.5) is 0 Å². The number of carbonyl (C=O) groups is 1. The van der Waals surface area contributed by atoms with Crippen molar-refractivity contribution in [2.24, 2.45) is 0 Å². The summed E-state index contributed by atoms with van der Waals surface area (Å²) in [4.78, 5) is 13.4. The molecule has 0 spiro atoms. The van der Waals surface area contributed by atoms with Gasteiger partial charge in [-0.25, -0.2) is 0 Å². The quantitative estimate of drug-likeness (QED) is 0.532. The third-order valence-electron chi connectivity index (χ3n) is 3.25. The number of carbonyl (C=O) groups excluding carboxylic acids is 1. The van der Waals surface area contributed by atoms with Gasteiger partial charge in [-0.15, -0.1) is 5.10 Å². The monoisotopic (exact) mass is 325 g/mol. The lowest BCUT2D eigenvalue weighted by atomic mass is 10.0. The Morgan fingerprint density at radius 2 is 1.75 bits per heavy atom. The molecular formula is C18H17N5O. The lowest BCUT2D eigenvalue weighted by Crippen LogP contribution is -2.13. The van der Waals surface area contributed by atoms with Crippen molar-refractivity contribution in [3.63, 3.8) is 0 Å². The SMILES string of the molecule is [2H]C([2H])([2H])N(/C=C(\C(=O)c1ccccc1)c1nnnn1-c1ccccc1)C([2H])([2H])[2H]. The van der Waals surface area contributed by atoms with Crippen LogP contribution in [0.15, 0.2) is 66.9 Å². The summed E-state index contributed by atoms with van der Waals surface area (Å²) in [5.74, 6) is -0.713. The number of para-hydroxylation sites is 1. The van der Waals surface area contributed by atoms with E-state index in [0.717, 1.165) is 6.20 Å². The number of rotatable bonds is 5. The molecule has 120 valence electrons. The van der Waals surface area contributed by atoms with E-state index in [1.54, 1.807) is 48.5 Å². The topological polar surface area (TPSA) is 63.9 Å². The van der Waals surface area contributed by atoms with Crippen molar-refractivity contribution in [3.05, 3.63) is 78.3 Å². The minimum Gasteiger partial charge on any atom is -0.383 e. The van der Waals surface area contributed by atoms with Crippen LogP contribution in [0, 0.1) is 0 Å². The van der Waals surface area contributed by atoms with Gasteiger partial charge in [0, 0.05) is 33.9 Å². The molecule has 0 aliphatic heterocycles. The summed E-state index contributed by atoms with van der Waals surface area (Å²) < 4.78 is 46.9. The first-order chi connectivity index (χ1) is 14.1. The number of benzene rings is 2. The number of hydrogen-bond donors (Lipinski definition) is 0. The molecule has 0 saturated heterocycles. The largest absolute Gasteiger partial charge is 0.383 e. The van der Waals surface area contributed by atoms with Crippen LogP contribution in [0.3, 0.4) is 0 Å². The van der Waals surface area contributed by atoms with E-state index in [1.807, 2.05) is 0 Å². The Balaban J connectivity index is 2.22. The molecule has 24 heavy (non-hydrogen) atoms. The third kappa shape index (κ3) is 3.22. The highest BCUT2D eigenvalue weighted by Crippen LogP contribution is 2.20. The standard InChI is InChI=1S/C18H17N5O/c1-22(2)13-16(17(24)14-9-5-3-6-10-14)18-19-20-21-23(18)15-11-7-4-8-12-15/h3-13H,1-2H3/b16-13+/i1D3,2D3. The van der Waals surface area contributed by atoms with Gasteiger partial charge in [0.1, 0.15) is 0 Å². The molecular weight excluding hydrogens is 302 g/mol. The van der Waals surface area contributed by atoms with Crippen LogP contribution >= 0.6 is 0 Å². The van der Waals surface area contributed by atoms with Crippen LogP contribution in [-0.4, -0.2) is 44.8 Å². The first-order valence-electron chi connectivity index (χ1n) is 10.0. The summed E-state index contributed by atoms with van der Waals surface area (Å²) in [7, 11) is 0. The van der Waals surface area contributed by atoms with Crippen molar-refractivity contribution >= 4 is 11.4 Å². The van der Waals surface area contributed by atoms with Gasteiger partial charge in [0.25, 0.3) is 0 Å². The Morgan fingerprint density at radius 3 is 2.42 bits per heavy atom. The predicted molar refractivity (Wildman–Crippen MR) is 91.6 cm³/mol. The fraction of sp³-hybridized carbons (Fsp3) is 0.111. The Morgan fingerprint density at radius 1 is 1.08 bits per heavy atom. The van der Waals surface area contributed by atoms with Crippen LogP contribution < -0.4 is 0 Å². The Labute approximate surface area is 148 Å². The summed E-state index contributed by atoms with van der Waals surface area (Å²) in [6, 6.07) is 16.7. The zero-order valence-corrected chi connectivity index (χ0v) is 12.5. The van der Waals surface area contributed by atoms with E-state index in [9.17, 15) is 4.79 Å². The van der Waals surface area contributed by atoms with Crippen molar-refractivity contribution < 1.29 is 13.0 Å². The van der Waals surface area contributed by atoms with Gasteiger partial charge >= 0.3 is 0 Å². The molecule has 3 aromatic rings. The van der Waals surface area contributed by atoms with E-state index in [1.165, 1.54) is 16.8 Å². The number of aromatic nitrogens is 4. The van der Waals surface area contributed by atoms with Crippen molar-refractivity contribution in [1.82, 2.24) is 25.1 Å². The minimum absolute atomic E-state index is 0.0893. The normalized spacial score (nSPS) is 16.1. The zero-order valence-electron chi connectivity index (χ0n) is 18.5. The lowest BCUT2D eigenvalue weighted by molar-refractivity contribution is 0.105. The number of Topliss-reactive ketones (excluding diaryl/α,β-unsaturated/α-hetero) is 1. The Bertz CT molecular complexity index is 1030. The fourth-order valence-electron chi connectivity index (χ4n) is 2.19. The molecule has 0 aliphatic rings. The molecule has 0 bridgehead atoms. The molecule has 0 amide bonds. The van der Waals surface area contributed by atoms with Crippen molar-refractivity contribution in [2.75, 3.05) is 14.0 Å². The number of ketones is 1. The van der Waals surface area contributed by atoms with Gasteiger partial charge in [-0.3, -0.25) is 4.79 Å². The molecule has 1 aromatic heterocycles. The van der Waals surface area contributed by atoms with Crippen molar-refractivity contribution in [2.45, 2.75) is 0 Å². The molecule has 3 rings (SSSR count). The average Bonchev–Trinajstić information content (AvgIpc) is 3.17. The van der Waals surface area contributed by atoms with Crippen molar-refractivity contribution in [1.29, 1.82) is 0 Å². The van der Waals surface area contributed by atoms with Gasteiger partial charge in [-0.1, -0.05) is 48.5 Å². The van der Waals surface area contributed by atoms with Gasteiger partial charge in [0.2, 0.25) is 0 Å². The zero-order chi connectivity index (χ0) is 21.9. The predicted octanol–water partition coefficient (Wildman–Crippen LogP) is 2.45. The molecule has 6 heteroatoms.